The predicted octanol–water partition coefficient (Wildman–Crippen LogP) is 2.34. The van der Waals surface area contributed by atoms with Gasteiger partial charge in [-0.2, -0.15) is 5.10 Å². The fraction of sp³-hybridized carbons (Fsp3) is 0.267. The van der Waals surface area contributed by atoms with Crippen molar-refractivity contribution in [1.29, 1.82) is 0 Å². The Hall–Kier alpha value is -2.63. The number of amides is 1. The molecule has 0 aliphatic rings. The van der Waals surface area contributed by atoms with Gasteiger partial charge in [0.15, 0.2) is 0 Å². The van der Waals surface area contributed by atoms with Crippen LogP contribution >= 0.6 is 0 Å². The summed E-state index contributed by atoms with van der Waals surface area (Å²) in [5, 5.41) is 15.5. The summed E-state index contributed by atoms with van der Waals surface area (Å²) < 4.78 is 1.15. The Kier molecular flexibility index (Phi) is 4.37. The first-order valence-electron chi connectivity index (χ1n) is 6.62. The molecule has 0 aliphatic carbocycles. The number of hydrogen-bond acceptors (Lipinski definition) is 3. The number of rotatable bonds is 5. The average Bonchev–Trinajstić information content (AvgIpc) is 2.87. The normalized spacial score (nSPS) is 10.6. The lowest BCUT2D eigenvalue weighted by atomic mass is 10.0. The van der Waals surface area contributed by atoms with Crippen LogP contribution in [0.25, 0.3) is 0 Å². The summed E-state index contributed by atoms with van der Waals surface area (Å²) in [6.07, 6.45) is 1.36. The molecule has 0 bridgehead atoms. The van der Waals surface area contributed by atoms with Gasteiger partial charge >= 0.3 is 5.97 Å². The monoisotopic (exact) mass is 287 g/mol. The molecule has 6 heteroatoms. The Morgan fingerprint density at radius 1 is 1.24 bits per heavy atom. The number of carbonyl (C=O) groups is 2. The van der Waals surface area contributed by atoms with Gasteiger partial charge in [-0.05, 0) is 29.7 Å². The van der Waals surface area contributed by atoms with Gasteiger partial charge < -0.3 is 10.4 Å². The van der Waals surface area contributed by atoms with Crippen molar-refractivity contribution in [2.75, 3.05) is 5.32 Å². The van der Waals surface area contributed by atoms with Crippen LogP contribution in [0.4, 0.5) is 5.69 Å². The van der Waals surface area contributed by atoms with E-state index in [0.29, 0.717) is 11.6 Å². The van der Waals surface area contributed by atoms with Crippen LogP contribution in [0.15, 0.2) is 36.5 Å². The van der Waals surface area contributed by atoms with Gasteiger partial charge in [-0.3, -0.25) is 4.79 Å². The van der Waals surface area contributed by atoms with E-state index in [4.69, 9.17) is 5.11 Å². The Bertz CT molecular complexity index is 644. The SMILES string of the molecule is CC(C)c1ccc(NC(=O)Cn2nccc2C(=O)O)cc1. The van der Waals surface area contributed by atoms with Crippen molar-refractivity contribution in [1.82, 2.24) is 9.78 Å². The molecular weight excluding hydrogens is 270 g/mol. The third kappa shape index (κ3) is 3.68. The molecule has 1 amide bonds. The standard InChI is InChI=1S/C15H17N3O3/c1-10(2)11-3-5-12(6-4-11)17-14(19)9-18-13(15(20)21)7-8-16-18/h3-8,10H,9H2,1-2H3,(H,17,19)(H,20,21). The van der Waals surface area contributed by atoms with Gasteiger partial charge in [0.2, 0.25) is 5.91 Å². The lowest BCUT2D eigenvalue weighted by Gasteiger charge is -2.09. The third-order valence-electron chi connectivity index (χ3n) is 3.09. The fourth-order valence-corrected chi connectivity index (χ4v) is 1.93. The molecule has 2 aromatic rings. The number of benzene rings is 1. The maximum absolute atomic E-state index is 11.9. The number of anilines is 1. The van der Waals surface area contributed by atoms with E-state index in [0.717, 1.165) is 4.68 Å². The molecule has 2 N–H and O–H groups in total. The summed E-state index contributed by atoms with van der Waals surface area (Å²) in [5.41, 5.74) is 1.85. The highest BCUT2D eigenvalue weighted by Crippen LogP contribution is 2.17. The Morgan fingerprint density at radius 2 is 1.90 bits per heavy atom. The smallest absolute Gasteiger partial charge is 0.354 e. The van der Waals surface area contributed by atoms with Crippen molar-refractivity contribution in [2.24, 2.45) is 0 Å². The zero-order chi connectivity index (χ0) is 15.4. The maximum atomic E-state index is 11.9. The molecule has 0 aliphatic heterocycles. The number of aromatic nitrogens is 2. The molecule has 1 aromatic carbocycles. The van der Waals surface area contributed by atoms with E-state index in [2.05, 4.69) is 24.3 Å². The van der Waals surface area contributed by atoms with E-state index in [9.17, 15) is 9.59 Å². The van der Waals surface area contributed by atoms with E-state index < -0.39 is 5.97 Å². The van der Waals surface area contributed by atoms with Crippen LogP contribution in [-0.4, -0.2) is 26.8 Å². The van der Waals surface area contributed by atoms with Crippen molar-refractivity contribution in [3.05, 3.63) is 47.8 Å². The van der Waals surface area contributed by atoms with Crippen molar-refractivity contribution in [3.8, 4) is 0 Å². The summed E-state index contributed by atoms with van der Waals surface area (Å²) in [6.45, 7) is 4.05. The molecule has 2 rings (SSSR count). The Balaban J connectivity index is 2.01. The third-order valence-corrected chi connectivity index (χ3v) is 3.09. The first-order valence-corrected chi connectivity index (χ1v) is 6.62. The number of aromatic carboxylic acids is 1. The van der Waals surface area contributed by atoms with Crippen LogP contribution < -0.4 is 5.32 Å². The summed E-state index contributed by atoms with van der Waals surface area (Å²) in [6, 6.07) is 8.92. The highest BCUT2D eigenvalue weighted by Gasteiger charge is 2.13. The van der Waals surface area contributed by atoms with Gasteiger partial charge in [-0.15, -0.1) is 0 Å². The van der Waals surface area contributed by atoms with Crippen LogP contribution in [0.2, 0.25) is 0 Å². The van der Waals surface area contributed by atoms with Gasteiger partial charge in [-0.25, -0.2) is 9.48 Å². The molecule has 0 saturated heterocycles. The molecule has 0 radical (unpaired) electrons. The van der Waals surface area contributed by atoms with Crippen LogP contribution in [0.1, 0.15) is 35.8 Å². The minimum Gasteiger partial charge on any atom is -0.477 e. The number of hydrogen-bond donors (Lipinski definition) is 2. The van der Waals surface area contributed by atoms with E-state index >= 15 is 0 Å². The highest BCUT2D eigenvalue weighted by molar-refractivity contribution is 5.91. The second kappa shape index (κ2) is 6.21. The molecule has 110 valence electrons. The van der Waals surface area contributed by atoms with Crippen LogP contribution in [0, 0.1) is 0 Å². The highest BCUT2D eigenvalue weighted by atomic mass is 16.4. The van der Waals surface area contributed by atoms with E-state index in [1.807, 2.05) is 24.3 Å². The molecule has 1 heterocycles. The molecule has 1 aromatic heterocycles. The molecule has 6 nitrogen and oxygen atoms in total. The lowest BCUT2D eigenvalue weighted by molar-refractivity contribution is -0.116. The minimum atomic E-state index is -1.11. The summed E-state index contributed by atoms with van der Waals surface area (Å²) >= 11 is 0. The summed E-state index contributed by atoms with van der Waals surface area (Å²) in [4.78, 5) is 22.8. The second-order valence-electron chi connectivity index (χ2n) is 5.00. The van der Waals surface area contributed by atoms with Gasteiger partial charge in [0, 0.05) is 11.9 Å². The quantitative estimate of drug-likeness (QED) is 0.884. The van der Waals surface area contributed by atoms with Gasteiger partial charge in [-0.1, -0.05) is 26.0 Å². The van der Waals surface area contributed by atoms with Crippen molar-refractivity contribution >= 4 is 17.6 Å². The number of carbonyl (C=O) groups excluding carboxylic acids is 1. The number of carboxylic acid groups (broad SMARTS) is 1. The van der Waals surface area contributed by atoms with Crippen LogP contribution in [-0.2, 0) is 11.3 Å². The first kappa shape index (κ1) is 14.8. The molecule has 0 spiro atoms. The predicted molar refractivity (Wildman–Crippen MR) is 78.3 cm³/mol. The van der Waals surface area contributed by atoms with Gasteiger partial charge in [0.25, 0.3) is 0 Å². The maximum Gasteiger partial charge on any atom is 0.354 e. The first-order chi connectivity index (χ1) is 9.97. The van der Waals surface area contributed by atoms with Crippen LogP contribution in [0.3, 0.4) is 0 Å². The number of nitrogens with one attached hydrogen (secondary N) is 1. The molecule has 21 heavy (non-hydrogen) atoms. The Labute approximate surface area is 122 Å². The van der Waals surface area contributed by atoms with E-state index in [-0.39, 0.29) is 18.1 Å². The van der Waals surface area contributed by atoms with Gasteiger partial charge in [0.05, 0.1) is 0 Å². The van der Waals surface area contributed by atoms with Crippen molar-refractivity contribution in [2.45, 2.75) is 26.3 Å². The largest absolute Gasteiger partial charge is 0.477 e. The van der Waals surface area contributed by atoms with Crippen LogP contribution in [0.5, 0.6) is 0 Å². The van der Waals surface area contributed by atoms with Gasteiger partial charge in [0.1, 0.15) is 12.2 Å². The average molecular weight is 287 g/mol. The summed E-state index contributed by atoms with van der Waals surface area (Å²) in [5.74, 6) is -1.00. The van der Waals surface area contributed by atoms with Crippen molar-refractivity contribution < 1.29 is 14.7 Å². The number of nitrogens with zero attached hydrogens (tertiary/aromatic N) is 2. The summed E-state index contributed by atoms with van der Waals surface area (Å²) in [7, 11) is 0. The fourth-order valence-electron chi connectivity index (χ4n) is 1.93. The van der Waals surface area contributed by atoms with E-state index in [1.54, 1.807) is 0 Å². The number of carboxylic acids is 1. The topological polar surface area (TPSA) is 84.2 Å². The minimum absolute atomic E-state index is 0.0136. The van der Waals surface area contributed by atoms with Crippen molar-refractivity contribution in [3.63, 3.8) is 0 Å². The molecular formula is C15H17N3O3. The zero-order valence-electron chi connectivity index (χ0n) is 11.9. The van der Waals surface area contributed by atoms with E-state index in [1.165, 1.54) is 17.8 Å². The molecule has 0 fully saturated rings. The second-order valence-corrected chi connectivity index (χ2v) is 5.00. The lowest BCUT2D eigenvalue weighted by Crippen LogP contribution is -2.22. The molecule has 0 atom stereocenters. The Morgan fingerprint density at radius 3 is 2.48 bits per heavy atom. The zero-order valence-corrected chi connectivity index (χ0v) is 11.9. The molecule has 0 unspecified atom stereocenters. The molecule has 0 saturated carbocycles.